The number of nitrogens with one attached hydrogen (secondary N) is 2. The molecule has 2 aromatic rings. The lowest BCUT2D eigenvalue weighted by atomic mass is 10.1. The fourth-order valence-corrected chi connectivity index (χ4v) is 1.86. The Morgan fingerprint density at radius 3 is 2.56 bits per heavy atom. The second-order valence-corrected chi connectivity index (χ2v) is 3.96. The molecule has 0 saturated heterocycles. The molecule has 0 amide bonds. The van der Waals surface area contributed by atoms with Crippen LogP contribution in [0.25, 0.3) is 0 Å². The van der Waals surface area contributed by atoms with Crippen LogP contribution in [0.3, 0.4) is 0 Å². The van der Waals surface area contributed by atoms with Gasteiger partial charge < -0.3 is 5.32 Å². The molecule has 0 fully saturated rings. The van der Waals surface area contributed by atoms with E-state index in [1.54, 1.807) is 0 Å². The average Bonchev–Trinajstić information content (AvgIpc) is 2.80. The highest BCUT2D eigenvalue weighted by atomic mass is 19.1. The first-order chi connectivity index (χ1) is 8.69. The topological polar surface area (TPSA) is 53.6 Å². The zero-order valence-corrected chi connectivity index (χ0v) is 9.95. The molecule has 4 nitrogen and oxygen atoms in total. The Morgan fingerprint density at radius 2 is 2.00 bits per heavy atom. The average molecular weight is 252 g/mol. The summed E-state index contributed by atoms with van der Waals surface area (Å²) in [6.07, 6.45) is 1.85. The minimum atomic E-state index is -0.571. The van der Waals surface area contributed by atoms with Crippen LogP contribution in [0.15, 0.2) is 24.5 Å². The van der Waals surface area contributed by atoms with Crippen molar-refractivity contribution in [3.05, 3.63) is 47.5 Å². The van der Waals surface area contributed by atoms with E-state index in [4.69, 9.17) is 0 Å². The van der Waals surface area contributed by atoms with Gasteiger partial charge in [0.1, 0.15) is 23.8 Å². The van der Waals surface area contributed by atoms with E-state index in [1.165, 1.54) is 18.5 Å². The Kier molecular flexibility index (Phi) is 3.99. The Labute approximate surface area is 103 Å². The van der Waals surface area contributed by atoms with E-state index >= 15 is 0 Å². The lowest BCUT2D eigenvalue weighted by Crippen LogP contribution is -2.24. The molecule has 1 aromatic carbocycles. The maximum absolute atomic E-state index is 13.1. The van der Waals surface area contributed by atoms with E-state index in [0.29, 0.717) is 17.8 Å². The third-order valence-corrected chi connectivity index (χ3v) is 2.58. The third-order valence-electron chi connectivity index (χ3n) is 2.58. The quantitative estimate of drug-likeness (QED) is 0.855. The predicted molar refractivity (Wildman–Crippen MR) is 62.9 cm³/mol. The molecular formula is C12H14F2N4. The number of aromatic nitrogens is 3. The Bertz CT molecular complexity index is 479. The first-order valence-corrected chi connectivity index (χ1v) is 5.72. The molecule has 0 radical (unpaired) electrons. The van der Waals surface area contributed by atoms with Crippen LogP contribution < -0.4 is 5.32 Å². The first-order valence-electron chi connectivity index (χ1n) is 5.72. The standard InChI is InChI=1S/C12H14F2N4/c1-2-15-11(12-16-7-17-18-12)5-8-3-9(13)6-10(14)4-8/h3-4,6-7,11,15H,2,5H2,1H3,(H,16,17,18). The molecule has 18 heavy (non-hydrogen) atoms. The van der Waals surface area contributed by atoms with Crippen molar-refractivity contribution in [3.63, 3.8) is 0 Å². The van der Waals surface area contributed by atoms with Gasteiger partial charge in [-0.1, -0.05) is 6.92 Å². The van der Waals surface area contributed by atoms with Gasteiger partial charge in [0.15, 0.2) is 0 Å². The number of hydrogen-bond acceptors (Lipinski definition) is 3. The summed E-state index contributed by atoms with van der Waals surface area (Å²) in [4.78, 5) is 4.06. The van der Waals surface area contributed by atoms with Crippen molar-refractivity contribution in [1.82, 2.24) is 20.5 Å². The molecule has 0 saturated carbocycles. The van der Waals surface area contributed by atoms with Crippen molar-refractivity contribution in [3.8, 4) is 0 Å². The van der Waals surface area contributed by atoms with Crippen molar-refractivity contribution in [1.29, 1.82) is 0 Å². The number of halogens is 2. The highest BCUT2D eigenvalue weighted by Gasteiger charge is 2.14. The Balaban J connectivity index is 2.18. The van der Waals surface area contributed by atoms with Crippen molar-refractivity contribution in [2.75, 3.05) is 6.54 Å². The fourth-order valence-electron chi connectivity index (χ4n) is 1.86. The number of H-pyrrole nitrogens is 1. The summed E-state index contributed by atoms with van der Waals surface area (Å²) < 4.78 is 26.2. The minimum absolute atomic E-state index is 0.140. The smallest absolute Gasteiger partial charge is 0.141 e. The second kappa shape index (κ2) is 5.68. The van der Waals surface area contributed by atoms with E-state index < -0.39 is 11.6 Å². The van der Waals surface area contributed by atoms with Crippen LogP contribution in [0.1, 0.15) is 24.4 Å². The SMILES string of the molecule is CCNC(Cc1cc(F)cc(F)c1)c1ncn[nH]1. The van der Waals surface area contributed by atoms with Gasteiger partial charge in [-0.2, -0.15) is 5.10 Å². The lowest BCUT2D eigenvalue weighted by molar-refractivity contribution is 0.517. The maximum Gasteiger partial charge on any atom is 0.141 e. The highest BCUT2D eigenvalue weighted by Crippen LogP contribution is 2.16. The van der Waals surface area contributed by atoms with Gasteiger partial charge in [0.05, 0.1) is 6.04 Å². The van der Waals surface area contributed by atoms with Gasteiger partial charge in [-0.25, -0.2) is 13.8 Å². The molecular weight excluding hydrogens is 238 g/mol. The molecule has 0 bridgehead atoms. The van der Waals surface area contributed by atoms with Gasteiger partial charge in [-0.05, 0) is 30.7 Å². The number of hydrogen-bond donors (Lipinski definition) is 2. The summed E-state index contributed by atoms with van der Waals surface area (Å²) in [6.45, 7) is 2.68. The van der Waals surface area contributed by atoms with Crippen molar-refractivity contribution in [2.24, 2.45) is 0 Å². The van der Waals surface area contributed by atoms with Crippen LogP contribution in [0, 0.1) is 11.6 Å². The van der Waals surface area contributed by atoms with Gasteiger partial charge in [0.25, 0.3) is 0 Å². The highest BCUT2D eigenvalue weighted by molar-refractivity contribution is 5.20. The third kappa shape index (κ3) is 3.10. The molecule has 2 rings (SSSR count). The summed E-state index contributed by atoms with van der Waals surface area (Å²) in [5.74, 6) is -0.489. The number of rotatable bonds is 5. The maximum atomic E-state index is 13.1. The first kappa shape index (κ1) is 12.6. The Morgan fingerprint density at radius 1 is 1.28 bits per heavy atom. The molecule has 0 aliphatic heterocycles. The van der Waals surface area contributed by atoms with Crippen LogP contribution >= 0.6 is 0 Å². The van der Waals surface area contributed by atoms with Crippen LogP contribution in [-0.4, -0.2) is 21.7 Å². The van der Waals surface area contributed by atoms with Crippen LogP contribution in [0.2, 0.25) is 0 Å². The molecule has 0 aliphatic rings. The minimum Gasteiger partial charge on any atom is -0.307 e. The van der Waals surface area contributed by atoms with Gasteiger partial charge in [-0.15, -0.1) is 0 Å². The van der Waals surface area contributed by atoms with Crippen LogP contribution in [0.4, 0.5) is 8.78 Å². The predicted octanol–water partition coefficient (Wildman–Crippen LogP) is 1.98. The summed E-state index contributed by atoms with van der Waals surface area (Å²) in [5, 5.41) is 9.73. The number of benzene rings is 1. The molecule has 96 valence electrons. The Hall–Kier alpha value is -1.82. The normalized spacial score (nSPS) is 12.6. The number of nitrogens with zero attached hydrogens (tertiary/aromatic N) is 2. The lowest BCUT2D eigenvalue weighted by Gasteiger charge is -2.15. The van der Waals surface area contributed by atoms with Crippen LogP contribution in [0.5, 0.6) is 0 Å². The zero-order chi connectivity index (χ0) is 13.0. The summed E-state index contributed by atoms with van der Waals surface area (Å²) in [5.41, 5.74) is 0.579. The van der Waals surface area contributed by atoms with Crippen molar-refractivity contribution >= 4 is 0 Å². The largest absolute Gasteiger partial charge is 0.307 e. The molecule has 1 heterocycles. The van der Waals surface area contributed by atoms with Crippen LogP contribution in [-0.2, 0) is 6.42 Å². The fraction of sp³-hybridized carbons (Fsp3) is 0.333. The van der Waals surface area contributed by atoms with Gasteiger partial charge in [-0.3, -0.25) is 5.10 Å². The van der Waals surface area contributed by atoms with Crippen molar-refractivity contribution < 1.29 is 8.78 Å². The molecule has 2 N–H and O–H groups in total. The number of likely N-dealkylation sites (N-methyl/N-ethyl adjacent to an activating group) is 1. The summed E-state index contributed by atoms with van der Waals surface area (Å²) >= 11 is 0. The summed E-state index contributed by atoms with van der Waals surface area (Å²) in [6, 6.07) is 3.37. The van der Waals surface area contributed by atoms with Gasteiger partial charge in [0, 0.05) is 6.07 Å². The second-order valence-electron chi connectivity index (χ2n) is 3.96. The van der Waals surface area contributed by atoms with Gasteiger partial charge >= 0.3 is 0 Å². The summed E-state index contributed by atoms with van der Waals surface area (Å²) in [7, 11) is 0. The number of aromatic amines is 1. The molecule has 6 heteroatoms. The molecule has 1 unspecified atom stereocenters. The van der Waals surface area contributed by atoms with E-state index in [-0.39, 0.29) is 6.04 Å². The van der Waals surface area contributed by atoms with Crippen molar-refractivity contribution in [2.45, 2.75) is 19.4 Å². The van der Waals surface area contributed by atoms with E-state index in [9.17, 15) is 8.78 Å². The molecule has 1 aromatic heterocycles. The van der Waals surface area contributed by atoms with E-state index in [2.05, 4.69) is 20.5 Å². The molecule has 0 spiro atoms. The van der Waals surface area contributed by atoms with E-state index in [0.717, 1.165) is 12.6 Å². The monoisotopic (exact) mass is 252 g/mol. The molecule has 1 atom stereocenters. The van der Waals surface area contributed by atoms with Gasteiger partial charge in [0.2, 0.25) is 0 Å². The zero-order valence-electron chi connectivity index (χ0n) is 9.95. The van der Waals surface area contributed by atoms with E-state index in [1.807, 2.05) is 6.92 Å². The molecule has 0 aliphatic carbocycles.